The first-order chi connectivity index (χ1) is 7.59. The predicted molar refractivity (Wildman–Crippen MR) is 63.9 cm³/mol. The zero-order valence-corrected chi connectivity index (χ0v) is 9.94. The van der Waals surface area contributed by atoms with Crippen LogP contribution >= 0.6 is 11.6 Å². The van der Waals surface area contributed by atoms with Gasteiger partial charge >= 0.3 is 0 Å². The van der Waals surface area contributed by atoms with Gasteiger partial charge in [-0.15, -0.1) is 0 Å². The molecule has 0 amide bonds. The third kappa shape index (κ3) is 1.96. The lowest BCUT2D eigenvalue weighted by Crippen LogP contribution is -2.02. The number of benzene rings is 1. The highest BCUT2D eigenvalue weighted by molar-refractivity contribution is 6.31. The molecule has 1 N–H and O–H groups in total. The number of hydrogen-bond acceptors (Lipinski definition) is 2. The Kier molecular flexibility index (Phi) is 2.99. The van der Waals surface area contributed by atoms with Crippen molar-refractivity contribution in [2.75, 3.05) is 0 Å². The Labute approximate surface area is 99.3 Å². The largest absolute Gasteiger partial charge is 0.389 e. The highest BCUT2D eigenvalue weighted by atomic mass is 35.5. The van der Waals surface area contributed by atoms with Crippen LogP contribution in [0.25, 0.3) is 5.69 Å². The van der Waals surface area contributed by atoms with Crippen molar-refractivity contribution < 1.29 is 5.11 Å². The molecule has 4 heteroatoms. The average molecular weight is 237 g/mol. The first kappa shape index (κ1) is 11.2. The number of hydrogen-bond donors (Lipinski definition) is 1. The summed E-state index contributed by atoms with van der Waals surface area (Å²) in [5.74, 6) is 0. The monoisotopic (exact) mass is 236 g/mol. The van der Waals surface area contributed by atoms with Gasteiger partial charge in [-0.1, -0.05) is 29.8 Å². The topological polar surface area (TPSA) is 38.0 Å². The number of para-hydroxylation sites is 1. The van der Waals surface area contributed by atoms with Crippen molar-refractivity contribution in [2.45, 2.75) is 20.0 Å². The molecule has 1 heterocycles. The molecule has 1 aromatic heterocycles. The summed E-state index contributed by atoms with van der Waals surface area (Å²) in [4.78, 5) is 0. The summed E-state index contributed by atoms with van der Waals surface area (Å²) >= 11 is 5.97. The summed E-state index contributed by atoms with van der Waals surface area (Å²) < 4.78 is 1.69. The molecule has 1 atom stereocenters. The molecule has 0 aliphatic carbocycles. The minimum absolute atomic E-state index is 0.528. The van der Waals surface area contributed by atoms with Crippen molar-refractivity contribution in [1.29, 1.82) is 0 Å². The van der Waals surface area contributed by atoms with E-state index in [1.165, 1.54) is 0 Å². The fourth-order valence-corrected chi connectivity index (χ4v) is 1.74. The quantitative estimate of drug-likeness (QED) is 0.871. The second-order valence-electron chi connectivity index (χ2n) is 3.74. The molecule has 0 saturated carbocycles. The van der Waals surface area contributed by atoms with Crippen LogP contribution in [0.3, 0.4) is 0 Å². The Morgan fingerprint density at radius 3 is 2.62 bits per heavy atom. The molecule has 0 aliphatic rings. The average Bonchev–Trinajstić information content (AvgIpc) is 2.59. The molecule has 0 aliphatic heterocycles. The Balaban J connectivity index is 2.55. The van der Waals surface area contributed by atoms with E-state index >= 15 is 0 Å². The highest BCUT2D eigenvalue weighted by Crippen LogP contribution is 2.23. The van der Waals surface area contributed by atoms with Crippen molar-refractivity contribution in [3.8, 4) is 5.69 Å². The third-order valence-electron chi connectivity index (χ3n) is 2.47. The summed E-state index contributed by atoms with van der Waals surface area (Å²) in [6, 6.07) is 7.59. The second-order valence-corrected chi connectivity index (χ2v) is 4.15. The smallest absolute Gasteiger partial charge is 0.0819 e. The lowest BCUT2D eigenvalue weighted by atomic mass is 10.1. The van der Waals surface area contributed by atoms with E-state index in [9.17, 15) is 5.11 Å². The van der Waals surface area contributed by atoms with Crippen LogP contribution in [0.4, 0.5) is 0 Å². The van der Waals surface area contributed by atoms with Gasteiger partial charge in [0.25, 0.3) is 0 Å². The molecule has 0 bridgehead atoms. The van der Waals surface area contributed by atoms with Crippen LogP contribution in [0.5, 0.6) is 0 Å². The van der Waals surface area contributed by atoms with Gasteiger partial charge in [-0.05, 0) is 19.9 Å². The van der Waals surface area contributed by atoms with Crippen LogP contribution in [-0.2, 0) is 0 Å². The van der Waals surface area contributed by atoms with Crippen LogP contribution in [-0.4, -0.2) is 14.9 Å². The standard InChI is InChI=1S/C12H13ClN2O/c1-8-11(13)7-15(14-8)12-6-4-3-5-10(12)9(2)16/h3-7,9,16H,1-2H3/t9-/m0/s1. The summed E-state index contributed by atoms with van der Waals surface area (Å²) in [6.07, 6.45) is 1.22. The number of halogens is 1. The minimum atomic E-state index is -0.528. The molecular formula is C12H13ClN2O. The first-order valence-corrected chi connectivity index (χ1v) is 5.46. The number of aliphatic hydroxyl groups is 1. The lowest BCUT2D eigenvalue weighted by Gasteiger charge is -2.11. The van der Waals surface area contributed by atoms with E-state index < -0.39 is 6.10 Å². The molecule has 1 aromatic carbocycles. The fourth-order valence-electron chi connectivity index (χ4n) is 1.61. The molecule has 0 unspecified atom stereocenters. The summed E-state index contributed by atoms with van der Waals surface area (Å²) in [7, 11) is 0. The van der Waals surface area contributed by atoms with Crippen molar-refractivity contribution in [2.24, 2.45) is 0 Å². The maximum Gasteiger partial charge on any atom is 0.0819 e. The second kappa shape index (κ2) is 4.28. The zero-order valence-electron chi connectivity index (χ0n) is 9.18. The van der Waals surface area contributed by atoms with Crippen molar-refractivity contribution in [1.82, 2.24) is 9.78 Å². The molecule has 16 heavy (non-hydrogen) atoms. The summed E-state index contributed by atoms with van der Waals surface area (Å²) in [5.41, 5.74) is 2.47. The zero-order chi connectivity index (χ0) is 11.7. The maximum atomic E-state index is 9.67. The van der Waals surface area contributed by atoms with Crippen molar-refractivity contribution in [3.05, 3.63) is 46.7 Å². The molecular weight excluding hydrogens is 224 g/mol. The molecule has 2 aromatic rings. The molecule has 0 radical (unpaired) electrons. The van der Waals surface area contributed by atoms with E-state index in [1.807, 2.05) is 31.2 Å². The predicted octanol–water partition coefficient (Wildman–Crippen LogP) is 2.89. The Hall–Kier alpha value is -1.32. The van der Waals surface area contributed by atoms with Gasteiger partial charge in [-0.3, -0.25) is 0 Å². The van der Waals surface area contributed by atoms with Crippen molar-refractivity contribution in [3.63, 3.8) is 0 Å². The summed E-state index contributed by atoms with van der Waals surface area (Å²) in [5, 5.41) is 14.6. The number of aromatic nitrogens is 2. The van der Waals surface area contributed by atoms with Gasteiger partial charge in [0.1, 0.15) is 0 Å². The van der Waals surface area contributed by atoms with Gasteiger partial charge in [0, 0.05) is 11.8 Å². The minimum Gasteiger partial charge on any atom is -0.389 e. The fraction of sp³-hybridized carbons (Fsp3) is 0.250. The maximum absolute atomic E-state index is 9.67. The van der Waals surface area contributed by atoms with Gasteiger partial charge in [0.15, 0.2) is 0 Å². The molecule has 2 rings (SSSR count). The van der Waals surface area contributed by atoms with Gasteiger partial charge in [-0.25, -0.2) is 4.68 Å². The van der Waals surface area contributed by atoms with E-state index in [2.05, 4.69) is 5.10 Å². The van der Waals surface area contributed by atoms with E-state index in [0.29, 0.717) is 5.02 Å². The van der Waals surface area contributed by atoms with E-state index in [1.54, 1.807) is 17.8 Å². The number of rotatable bonds is 2. The number of aliphatic hydroxyl groups excluding tert-OH is 1. The molecule has 0 spiro atoms. The Morgan fingerprint density at radius 1 is 1.38 bits per heavy atom. The summed E-state index contributed by atoms with van der Waals surface area (Å²) in [6.45, 7) is 3.58. The van der Waals surface area contributed by atoms with Crippen LogP contribution in [0, 0.1) is 6.92 Å². The third-order valence-corrected chi connectivity index (χ3v) is 2.84. The van der Waals surface area contributed by atoms with Gasteiger partial charge in [0.2, 0.25) is 0 Å². The number of aryl methyl sites for hydroxylation is 1. The number of nitrogens with zero attached hydrogens (tertiary/aromatic N) is 2. The van der Waals surface area contributed by atoms with E-state index in [4.69, 9.17) is 11.6 Å². The van der Waals surface area contributed by atoms with Crippen LogP contribution in [0.2, 0.25) is 5.02 Å². The van der Waals surface area contributed by atoms with Crippen LogP contribution < -0.4 is 0 Å². The Bertz CT molecular complexity index is 486. The van der Waals surface area contributed by atoms with Gasteiger partial charge < -0.3 is 5.11 Å². The lowest BCUT2D eigenvalue weighted by molar-refractivity contribution is 0.199. The first-order valence-electron chi connectivity index (χ1n) is 5.08. The van der Waals surface area contributed by atoms with Crippen LogP contribution in [0.1, 0.15) is 24.3 Å². The Morgan fingerprint density at radius 2 is 2.06 bits per heavy atom. The molecule has 0 fully saturated rings. The molecule has 0 saturated heterocycles. The SMILES string of the molecule is Cc1nn(-c2ccccc2[C@H](C)O)cc1Cl. The van der Waals surface area contributed by atoms with E-state index in [0.717, 1.165) is 16.9 Å². The highest BCUT2D eigenvalue weighted by Gasteiger charge is 2.11. The van der Waals surface area contributed by atoms with Gasteiger partial charge in [0.05, 0.1) is 22.5 Å². The molecule has 3 nitrogen and oxygen atoms in total. The molecule has 84 valence electrons. The normalized spacial score (nSPS) is 12.8. The van der Waals surface area contributed by atoms with Gasteiger partial charge in [-0.2, -0.15) is 5.10 Å². The van der Waals surface area contributed by atoms with Crippen LogP contribution in [0.15, 0.2) is 30.5 Å². The van der Waals surface area contributed by atoms with Crippen molar-refractivity contribution >= 4 is 11.6 Å². The van der Waals surface area contributed by atoms with E-state index in [-0.39, 0.29) is 0 Å².